The van der Waals surface area contributed by atoms with Crippen LogP contribution in [0.15, 0.2) is 48.7 Å². The van der Waals surface area contributed by atoms with E-state index in [0.29, 0.717) is 0 Å². The minimum atomic E-state index is -0.245. The number of benzene rings is 1. The van der Waals surface area contributed by atoms with Crippen LogP contribution in [0, 0.1) is 12.7 Å². The summed E-state index contributed by atoms with van der Waals surface area (Å²) in [6, 6.07) is 12.2. The molecule has 3 rings (SSSR count). The maximum absolute atomic E-state index is 13.1. The molecule has 3 aromatic rings. The Morgan fingerprint density at radius 3 is 2.56 bits per heavy atom. The van der Waals surface area contributed by atoms with E-state index in [2.05, 4.69) is 9.97 Å². The molecule has 0 radical (unpaired) electrons. The predicted octanol–water partition coefficient (Wildman–Crippen LogP) is 3.74. The highest BCUT2D eigenvalue weighted by Crippen LogP contribution is 2.20. The number of hydrogen-bond donors (Lipinski definition) is 0. The van der Waals surface area contributed by atoms with E-state index in [1.807, 2.05) is 37.4 Å². The third-order valence-electron chi connectivity index (χ3n) is 2.83. The second kappa shape index (κ2) is 4.18. The normalized spacial score (nSPS) is 10.8. The van der Waals surface area contributed by atoms with Gasteiger partial charge in [-0.15, -0.1) is 0 Å². The molecular formula is C15H11FN2. The Morgan fingerprint density at radius 1 is 0.944 bits per heavy atom. The average Bonchev–Trinajstić information content (AvgIpc) is 2.39. The van der Waals surface area contributed by atoms with Crippen molar-refractivity contribution in [3.8, 4) is 11.4 Å². The summed E-state index contributed by atoms with van der Waals surface area (Å²) in [6.45, 7) is 1.99. The van der Waals surface area contributed by atoms with E-state index in [9.17, 15) is 4.39 Å². The molecule has 0 unspecified atom stereocenters. The van der Waals surface area contributed by atoms with Gasteiger partial charge in [-0.2, -0.15) is 0 Å². The molecule has 2 nitrogen and oxygen atoms in total. The van der Waals surface area contributed by atoms with Gasteiger partial charge in [0.1, 0.15) is 5.82 Å². The first-order valence-corrected chi connectivity index (χ1v) is 5.72. The topological polar surface area (TPSA) is 25.8 Å². The van der Waals surface area contributed by atoms with Gasteiger partial charge in [0.25, 0.3) is 0 Å². The van der Waals surface area contributed by atoms with Crippen LogP contribution in [0.25, 0.3) is 22.3 Å². The lowest BCUT2D eigenvalue weighted by molar-refractivity contribution is 0.629. The van der Waals surface area contributed by atoms with Crippen molar-refractivity contribution < 1.29 is 4.39 Å². The van der Waals surface area contributed by atoms with Crippen molar-refractivity contribution in [2.75, 3.05) is 0 Å². The van der Waals surface area contributed by atoms with Gasteiger partial charge >= 0.3 is 0 Å². The molecule has 0 atom stereocenters. The second-order valence-corrected chi connectivity index (χ2v) is 4.25. The zero-order valence-electron chi connectivity index (χ0n) is 9.89. The number of nitrogens with zero attached hydrogens (tertiary/aromatic N) is 2. The molecule has 1 aromatic carbocycles. The number of aryl methyl sites for hydroxylation is 1. The van der Waals surface area contributed by atoms with Gasteiger partial charge in [0.2, 0.25) is 0 Å². The molecule has 0 saturated carbocycles. The molecular weight excluding hydrogens is 227 g/mol. The zero-order chi connectivity index (χ0) is 12.5. The standard InChI is InChI=1S/C15H11FN2/c1-10-2-5-14(17-9-10)15-6-3-11-8-12(16)4-7-13(11)18-15/h2-9H,1H3. The Balaban J connectivity index is 2.13. The van der Waals surface area contributed by atoms with Crippen LogP contribution in [0.4, 0.5) is 4.39 Å². The van der Waals surface area contributed by atoms with Crippen LogP contribution in [0.5, 0.6) is 0 Å². The summed E-state index contributed by atoms with van der Waals surface area (Å²) < 4.78 is 13.1. The Hall–Kier alpha value is -2.29. The number of rotatable bonds is 1. The fourth-order valence-corrected chi connectivity index (χ4v) is 1.86. The van der Waals surface area contributed by atoms with Gasteiger partial charge in [0.15, 0.2) is 0 Å². The molecule has 0 spiro atoms. The molecule has 0 aliphatic heterocycles. The number of pyridine rings is 2. The first kappa shape index (κ1) is 10.8. The van der Waals surface area contributed by atoms with E-state index in [1.165, 1.54) is 12.1 Å². The lowest BCUT2D eigenvalue weighted by Crippen LogP contribution is -1.89. The van der Waals surface area contributed by atoms with Crippen LogP contribution >= 0.6 is 0 Å². The van der Waals surface area contributed by atoms with E-state index in [-0.39, 0.29) is 5.82 Å². The summed E-state index contributed by atoms with van der Waals surface area (Å²) in [5, 5.41) is 0.797. The molecule has 0 bridgehead atoms. The second-order valence-electron chi connectivity index (χ2n) is 4.25. The maximum Gasteiger partial charge on any atom is 0.123 e. The quantitative estimate of drug-likeness (QED) is 0.645. The van der Waals surface area contributed by atoms with Crippen LogP contribution in [0.1, 0.15) is 5.56 Å². The van der Waals surface area contributed by atoms with Crippen molar-refractivity contribution >= 4 is 10.9 Å². The van der Waals surface area contributed by atoms with Gasteiger partial charge in [-0.3, -0.25) is 4.98 Å². The summed E-state index contributed by atoms with van der Waals surface area (Å²) in [6.07, 6.45) is 1.81. The monoisotopic (exact) mass is 238 g/mol. The number of aromatic nitrogens is 2. The lowest BCUT2D eigenvalue weighted by Gasteiger charge is -2.03. The lowest BCUT2D eigenvalue weighted by atomic mass is 10.1. The highest BCUT2D eigenvalue weighted by molar-refractivity contribution is 5.81. The van der Waals surface area contributed by atoms with E-state index >= 15 is 0 Å². The number of hydrogen-bond acceptors (Lipinski definition) is 2. The SMILES string of the molecule is Cc1ccc(-c2ccc3cc(F)ccc3n2)nc1. The zero-order valence-corrected chi connectivity index (χ0v) is 9.89. The Labute approximate surface area is 104 Å². The fourth-order valence-electron chi connectivity index (χ4n) is 1.86. The average molecular weight is 238 g/mol. The van der Waals surface area contributed by atoms with Crippen molar-refractivity contribution in [2.45, 2.75) is 6.92 Å². The van der Waals surface area contributed by atoms with Crippen molar-refractivity contribution in [2.24, 2.45) is 0 Å². The van der Waals surface area contributed by atoms with Gasteiger partial charge in [-0.1, -0.05) is 12.1 Å². The molecule has 3 heteroatoms. The summed E-state index contributed by atoms with van der Waals surface area (Å²) in [4.78, 5) is 8.82. The van der Waals surface area contributed by atoms with E-state index < -0.39 is 0 Å². The molecule has 2 aromatic heterocycles. The Kier molecular flexibility index (Phi) is 2.52. The van der Waals surface area contributed by atoms with Gasteiger partial charge in [0, 0.05) is 11.6 Å². The first-order chi connectivity index (χ1) is 8.72. The van der Waals surface area contributed by atoms with E-state index in [0.717, 1.165) is 27.9 Å². The molecule has 0 aliphatic carbocycles. The Morgan fingerprint density at radius 2 is 1.78 bits per heavy atom. The third kappa shape index (κ3) is 1.95. The highest BCUT2D eigenvalue weighted by atomic mass is 19.1. The van der Waals surface area contributed by atoms with Crippen LogP contribution in [-0.2, 0) is 0 Å². The van der Waals surface area contributed by atoms with Gasteiger partial charge in [0.05, 0.1) is 16.9 Å². The largest absolute Gasteiger partial charge is 0.254 e. The maximum atomic E-state index is 13.1. The summed E-state index contributed by atoms with van der Waals surface area (Å²) in [5.74, 6) is -0.245. The van der Waals surface area contributed by atoms with Crippen molar-refractivity contribution in [1.82, 2.24) is 9.97 Å². The number of fused-ring (bicyclic) bond motifs is 1. The predicted molar refractivity (Wildman–Crippen MR) is 69.7 cm³/mol. The van der Waals surface area contributed by atoms with Crippen molar-refractivity contribution in [3.05, 3.63) is 60.0 Å². The molecule has 0 saturated heterocycles. The number of halogens is 1. The Bertz CT molecular complexity index is 705. The first-order valence-electron chi connectivity index (χ1n) is 5.72. The highest BCUT2D eigenvalue weighted by Gasteiger charge is 2.03. The van der Waals surface area contributed by atoms with Crippen molar-refractivity contribution in [3.63, 3.8) is 0 Å². The summed E-state index contributed by atoms with van der Waals surface area (Å²) in [7, 11) is 0. The van der Waals surface area contributed by atoms with Crippen LogP contribution < -0.4 is 0 Å². The van der Waals surface area contributed by atoms with Gasteiger partial charge in [-0.25, -0.2) is 9.37 Å². The third-order valence-corrected chi connectivity index (χ3v) is 2.83. The fraction of sp³-hybridized carbons (Fsp3) is 0.0667. The summed E-state index contributed by atoms with van der Waals surface area (Å²) >= 11 is 0. The smallest absolute Gasteiger partial charge is 0.123 e. The molecule has 0 N–H and O–H groups in total. The molecule has 18 heavy (non-hydrogen) atoms. The molecule has 0 amide bonds. The minimum Gasteiger partial charge on any atom is -0.254 e. The van der Waals surface area contributed by atoms with Gasteiger partial charge in [-0.05, 0) is 42.8 Å². The van der Waals surface area contributed by atoms with Crippen LogP contribution in [-0.4, -0.2) is 9.97 Å². The molecule has 0 fully saturated rings. The molecule has 2 heterocycles. The van der Waals surface area contributed by atoms with E-state index in [1.54, 1.807) is 6.07 Å². The van der Waals surface area contributed by atoms with Gasteiger partial charge < -0.3 is 0 Å². The van der Waals surface area contributed by atoms with Crippen LogP contribution in [0.2, 0.25) is 0 Å². The van der Waals surface area contributed by atoms with Crippen molar-refractivity contribution in [1.29, 1.82) is 0 Å². The van der Waals surface area contributed by atoms with Crippen LogP contribution in [0.3, 0.4) is 0 Å². The summed E-state index contributed by atoms with van der Waals surface area (Å²) in [5.41, 5.74) is 3.51. The van der Waals surface area contributed by atoms with E-state index in [4.69, 9.17) is 0 Å². The molecule has 0 aliphatic rings. The minimum absolute atomic E-state index is 0.245. The molecule has 88 valence electrons.